The molecule has 1 aliphatic carbocycles. The summed E-state index contributed by atoms with van der Waals surface area (Å²) in [5.74, 6) is -0.318. The molecule has 7 nitrogen and oxygen atoms in total. The number of anilines is 2. The fourth-order valence-electron chi connectivity index (χ4n) is 4.16. The average Bonchev–Trinajstić information content (AvgIpc) is 3.02. The van der Waals surface area contributed by atoms with Crippen LogP contribution in [0.5, 0.6) is 11.5 Å². The van der Waals surface area contributed by atoms with Crippen molar-refractivity contribution in [2.24, 2.45) is 11.8 Å². The second-order valence-corrected chi connectivity index (χ2v) is 7.82. The SMILES string of the molecule is COc1cc(NC(=O)c2cccc(N3C(=O)[C@H]4CC=C(C)C[C@H]4C3=O)c2)cc(OC)c1. The summed E-state index contributed by atoms with van der Waals surface area (Å²) in [4.78, 5) is 40.0. The van der Waals surface area contributed by atoms with Crippen LogP contribution in [0.4, 0.5) is 11.4 Å². The molecule has 0 aromatic heterocycles. The molecule has 0 saturated carbocycles. The van der Waals surface area contributed by atoms with E-state index < -0.39 is 0 Å². The highest BCUT2D eigenvalue weighted by Crippen LogP contribution is 2.39. The Bertz CT molecular complexity index is 1070. The molecule has 1 heterocycles. The third kappa shape index (κ3) is 3.91. The molecule has 3 amide bonds. The number of carbonyl (C=O) groups is 3. The number of fused-ring (bicyclic) bond motifs is 1. The molecule has 2 atom stereocenters. The van der Waals surface area contributed by atoms with Crippen molar-refractivity contribution in [1.29, 1.82) is 0 Å². The van der Waals surface area contributed by atoms with Crippen LogP contribution >= 0.6 is 0 Å². The molecule has 1 fully saturated rings. The summed E-state index contributed by atoms with van der Waals surface area (Å²) in [7, 11) is 3.06. The largest absolute Gasteiger partial charge is 0.497 e. The van der Waals surface area contributed by atoms with E-state index >= 15 is 0 Å². The van der Waals surface area contributed by atoms with Gasteiger partial charge in [0.25, 0.3) is 5.91 Å². The quantitative estimate of drug-likeness (QED) is 0.587. The van der Waals surface area contributed by atoms with E-state index in [1.807, 2.05) is 13.0 Å². The second-order valence-electron chi connectivity index (χ2n) is 7.82. The van der Waals surface area contributed by atoms with Crippen LogP contribution in [-0.4, -0.2) is 31.9 Å². The third-order valence-electron chi connectivity index (χ3n) is 5.80. The summed E-state index contributed by atoms with van der Waals surface area (Å²) in [5, 5.41) is 2.81. The number of ether oxygens (including phenoxy) is 2. The highest BCUT2D eigenvalue weighted by molar-refractivity contribution is 6.22. The Kier molecular flexibility index (Phi) is 5.50. The van der Waals surface area contributed by atoms with Crippen LogP contribution in [0.2, 0.25) is 0 Å². The Balaban J connectivity index is 1.57. The number of methoxy groups -OCH3 is 2. The number of rotatable bonds is 5. The summed E-state index contributed by atoms with van der Waals surface area (Å²) < 4.78 is 10.5. The first-order valence-corrected chi connectivity index (χ1v) is 10.1. The lowest BCUT2D eigenvalue weighted by atomic mass is 9.82. The molecule has 2 aromatic carbocycles. The summed E-state index contributed by atoms with van der Waals surface area (Å²) in [6.07, 6.45) is 3.21. The molecule has 160 valence electrons. The van der Waals surface area contributed by atoms with Crippen LogP contribution in [0.3, 0.4) is 0 Å². The summed E-state index contributed by atoms with van der Waals surface area (Å²) >= 11 is 0. The van der Waals surface area contributed by atoms with Gasteiger partial charge in [0.15, 0.2) is 0 Å². The van der Waals surface area contributed by atoms with Crippen molar-refractivity contribution >= 4 is 29.1 Å². The van der Waals surface area contributed by atoms with Gasteiger partial charge in [-0.25, -0.2) is 0 Å². The lowest BCUT2D eigenvalue weighted by Crippen LogP contribution is -2.31. The van der Waals surface area contributed by atoms with Crippen LogP contribution in [0.25, 0.3) is 0 Å². The van der Waals surface area contributed by atoms with E-state index in [4.69, 9.17) is 9.47 Å². The molecular weight excluding hydrogens is 396 g/mol. The molecule has 2 aliphatic rings. The minimum atomic E-state index is -0.369. The zero-order valence-corrected chi connectivity index (χ0v) is 17.7. The van der Waals surface area contributed by atoms with Crippen LogP contribution in [0.15, 0.2) is 54.1 Å². The summed E-state index contributed by atoms with van der Waals surface area (Å²) in [6, 6.07) is 11.6. The Morgan fingerprint density at radius 3 is 2.35 bits per heavy atom. The second kappa shape index (κ2) is 8.26. The highest BCUT2D eigenvalue weighted by atomic mass is 16.5. The number of nitrogens with one attached hydrogen (secondary N) is 1. The molecular formula is C24H24N2O5. The van der Waals surface area contributed by atoms with Crippen molar-refractivity contribution in [1.82, 2.24) is 0 Å². The first-order chi connectivity index (χ1) is 14.9. The van der Waals surface area contributed by atoms with Gasteiger partial charge in [0.1, 0.15) is 11.5 Å². The smallest absolute Gasteiger partial charge is 0.255 e. The third-order valence-corrected chi connectivity index (χ3v) is 5.80. The molecule has 2 aromatic rings. The molecule has 4 rings (SSSR count). The van der Waals surface area contributed by atoms with E-state index in [1.165, 1.54) is 19.1 Å². The van der Waals surface area contributed by atoms with Crippen LogP contribution < -0.4 is 19.7 Å². The number of benzene rings is 2. The number of imide groups is 1. The Morgan fingerprint density at radius 1 is 1.00 bits per heavy atom. The highest BCUT2D eigenvalue weighted by Gasteiger charge is 2.48. The Hall–Kier alpha value is -3.61. The van der Waals surface area contributed by atoms with Gasteiger partial charge in [0.2, 0.25) is 11.8 Å². The maximum atomic E-state index is 13.0. The van der Waals surface area contributed by atoms with E-state index in [-0.39, 0.29) is 29.6 Å². The minimum Gasteiger partial charge on any atom is -0.497 e. The van der Waals surface area contributed by atoms with Crippen molar-refractivity contribution in [3.63, 3.8) is 0 Å². The first-order valence-electron chi connectivity index (χ1n) is 10.1. The van der Waals surface area contributed by atoms with Gasteiger partial charge in [0.05, 0.1) is 31.7 Å². The van der Waals surface area contributed by atoms with Gasteiger partial charge >= 0.3 is 0 Å². The number of carbonyl (C=O) groups excluding carboxylic acids is 3. The first kappa shape index (κ1) is 20.7. The minimum absolute atomic E-state index is 0.197. The number of hydrogen-bond donors (Lipinski definition) is 1. The summed E-state index contributed by atoms with van der Waals surface area (Å²) in [6.45, 7) is 1.98. The maximum absolute atomic E-state index is 13.0. The lowest BCUT2D eigenvalue weighted by molar-refractivity contribution is -0.122. The number of hydrogen-bond acceptors (Lipinski definition) is 5. The monoisotopic (exact) mass is 420 g/mol. The Morgan fingerprint density at radius 2 is 1.68 bits per heavy atom. The molecule has 0 spiro atoms. The number of amides is 3. The van der Waals surface area contributed by atoms with Gasteiger partial charge in [0, 0.05) is 29.4 Å². The Labute approximate surface area is 180 Å². The van der Waals surface area contributed by atoms with Gasteiger partial charge < -0.3 is 14.8 Å². The lowest BCUT2D eigenvalue weighted by Gasteiger charge is -2.18. The standard InChI is InChI=1S/C24H24N2O5/c1-14-7-8-20-21(9-14)24(29)26(23(20)28)17-6-4-5-15(10-17)22(27)25-16-11-18(30-2)13-19(12-16)31-3/h4-7,10-13,20-21H,8-9H2,1-3H3,(H,25,27)/t20-,21+/m0/s1. The van der Waals surface area contributed by atoms with Gasteiger partial charge in [-0.15, -0.1) is 0 Å². The number of nitrogens with zero attached hydrogens (tertiary/aromatic N) is 1. The molecule has 1 saturated heterocycles. The van der Waals surface area contributed by atoms with Gasteiger partial charge in [-0.2, -0.15) is 0 Å². The topological polar surface area (TPSA) is 84.9 Å². The van der Waals surface area contributed by atoms with Crippen molar-refractivity contribution in [2.75, 3.05) is 24.4 Å². The van der Waals surface area contributed by atoms with E-state index in [2.05, 4.69) is 5.32 Å². The molecule has 1 aliphatic heterocycles. The van der Waals surface area contributed by atoms with Crippen molar-refractivity contribution in [3.05, 3.63) is 59.7 Å². The zero-order valence-electron chi connectivity index (χ0n) is 17.7. The van der Waals surface area contributed by atoms with Gasteiger partial charge in [-0.3, -0.25) is 19.3 Å². The molecule has 1 N–H and O–H groups in total. The van der Waals surface area contributed by atoms with E-state index in [9.17, 15) is 14.4 Å². The number of allylic oxidation sites excluding steroid dienone is 2. The van der Waals surface area contributed by atoms with Gasteiger partial charge in [-0.05, 0) is 38.0 Å². The summed E-state index contributed by atoms with van der Waals surface area (Å²) in [5.41, 5.74) is 2.39. The van der Waals surface area contributed by atoms with Crippen LogP contribution in [0, 0.1) is 11.8 Å². The van der Waals surface area contributed by atoms with Crippen molar-refractivity contribution in [3.8, 4) is 11.5 Å². The molecule has 31 heavy (non-hydrogen) atoms. The predicted molar refractivity (Wildman–Crippen MR) is 116 cm³/mol. The average molecular weight is 420 g/mol. The predicted octanol–water partition coefficient (Wildman–Crippen LogP) is 3.80. The van der Waals surface area contributed by atoms with E-state index in [1.54, 1.807) is 42.5 Å². The zero-order chi connectivity index (χ0) is 22.1. The molecule has 0 bridgehead atoms. The van der Waals surface area contributed by atoms with Gasteiger partial charge in [-0.1, -0.05) is 17.7 Å². The fraction of sp³-hybridized carbons (Fsp3) is 0.292. The molecule has 0 radical (unpaired) electrons. The fourth-order valence-corrected chi connectivity index (χ4v) is 4.16. The van der Waals surface area contributed by atoms with Crippen LogP contribution in [-0.2, 0) is 9.59 Å². The van der Waals surface area contributed by atoms with Crippen molar-refractivity contribution in [2.45, 2.75) is 19.8 Å². The molecule has 0 unspecified atom stereocenters. The van der Waals surface area contributed by atoms with E-state index in [0.29, 0.717) is 41.3 Å². The van der Waals surface area contributed by atoms with E-state index in [0.717, 1.165) is 5.57 Å². The maximum Gasteiger partial charge on any atom is 0.255 e. The molecule has 7 heteroatoms. The van der Waals surface area contributed by atoms with Crippen LogP contribution in [0.1, 0.15) is 30.1 Å². The normalized spacial score (nSPS) is 20.2. The van der Waals surface area contributed by atoms with Crippen molar-refractivity contribution < 1.29 is 23.9 Å².